The monoisotopic (exact) mass is 312 g/mol. The second-order valence-corrected chi connectivity index (χ2v) is 7.51. The summed E-state index contributed by atoms with van der Waals surface area (Å²) < 4.78 is 17.3. The van der Waals surface area contributed by atoms with Gasteiger partial charge in [0.05, 0.1) is 30.5 Å². The summed E-state index contributed by atoms with van der Waals surface area (Å²) in [4.78, 5) is 1.30. The third-order valence-corrected chi connectivity index (χ3v) is 5.09. The molecule has 1 aliphatic heterocycles. The maximum atomic E-state index is 10.0. The normalized spacial score (nSPS) is 21.7. The molecule has 0 aliphatic carbocycles. The van der Waals surface area contributed by atoms with E-state index < -0.39 is 6.10 Å². The minimum Gasteiger partial charge on any atom is -0.403 e. The van der Waals surface area contributed by atoms with E-state index >= 15 is 0 Å². The highest BCUT2D eigenvalue weighted by atomic mass is 32.1. The van der Waals surface area contributed by atoms with Crippen molar-refractivity contribution in [3.63, 3.8) is 0 Å². The Morgan fingerprint density at radius 2 is 1.95 bits per heavy atom. The third-order valence-electron chi connectivity index (χ3n) is 4.15. The Hall–Kier alpha value is -0.395. The van der Waals surface area contributed by atoms with Gasteiger partial charge in [-0.3, -0.25) is 0 Å². The van der Waals surface area contributed by atoms with Crippen LogP contribution in [0.3, 0.4) is 0 Å². The summed E-state index contributed by atoms with van der Waals surface area (Å²) in [7, 11) is -0.370. The fourth-order valence-electron chi connectivity index (χ4n) is 2.20. The van der Waals surface area contributed by atoms with Gasteiger partial charge in [0.15, 0.2) is 0 Å². The molecule has 4 nitrogen and oxygen atoms in total. The van der Waals surface area contributed by atoms with Crippen molar-refractivity contribution in [2.24, 2.45) is 0 Å². The molecule has 0 radical (unpaired) electrons. The van der Waals surface area contributed by atoms with E-state index in [-0.39, 0.29) is 18.3 Å². The molecule has 0 bridgehead atoms. The van der Waals surface area contributed by atoms with Gasteiger partial charge in [0.1, 0.15) is 0 Å². The molecule has 21 heavy (non-hydrogen) atoms. The number of aliphatic hydroxyl groups excluding tert-OH is 1. The Balaban J connectivity index is 1.65. The maximum absolute atomic E-state index is 10.0. The van der Waals surface area contributed by atoms with Crippen molar-refractivity contribution in [2.75, 3.05) is 13.2 Å². The first-order valence-electron chi connectivity index (χ1n) is 7.44. The van der Waals surface area contributed by atoms with Gasteiger partial charge >= 0.3 is 7.12 Å². The zero-order chi connectivity index (χ0) is 15.5. The van der Waals surface area contributed by atoms with Crippen LogP contribution in [0.2, 0.25) is 6.32 Å². The van der Waals surface area contributed by atoms with Gasteiger partial charge in [-0.25, -0.2) is 0 Å². The first-order chi connectivity index (χ1) is 9.80. The predicted molar refractivity (Wildman–Crippen MR) is 85.7 cm³/mol. The number of rotatable bonds is 7. The van der Waals surface area contributed by atoms with Crippen molar-refractivity contribution >= 4 is 18.5 Å². The van der Waals surface area contributed by atoms with Crippen molar-refractivity contribution in [1.82, 2.24) is 0 Å². The van der Waals surface area contributed by atoms with Gasteiger partial charge < -0.3 is 19.2 Å². The summed E-state index contributed by atoms with van der Waals surface area (Å²) in [5.41, 5.74) is -0.700. The van der Waals surface area contributed by atoms with Crippen LogP contribution >= 0.6 is 11.3 Å². The van der Waals surface area contributed by atoms with Crippen LogP contribution < -0.4 is 0 Å². The van der Waals surface area contributed by atoms with Crippen LogP contribution in [0, 0.1) is 0 Å². The topological polar surface area (TPSA) is 47.9 Å². The summed E-state index contributed by atoms with van der Waals surface area (Å²) in [5, 5.41) is 12.1. The molecule has 0 amide bonds. The van der Waals surface area contributed by atoms with Crippen LogP contribution in [0.1, 0.15) is 32.6 Å². The molecule has 2 heterocycles. The van der Waals surface area contributed by atoms with E-state index in [0.717, 1.165) is 6.42 Å². The highest BCUT2D eigenvalue weighted by Crippen LogP contribution is 2.37. The largest absolute Gasteiger partial charge is 0.460 e. The Labute approximate surface area is 131 Å². The number of aliphatic hydroxyl groups is 1. The van der Waals surface area contributed by atoms with Crippen molar-refractivity contribution in [3.8, 4) is 0 Å². The lowest BCUT2D eigenvalue weighted by Crippen LogP contribution is -2.41. The van der Waals surface area contributed by atoms with E-state index in [9.17, 15) is 5.11 Å². The van der Waals surface area contributed by atoms with Crippen LogP contribution in [0.5, 0.6) is 0 Å². The van der Waals surface area contributed by atoms with Crippen molar-refractivity contribution in [2.45, 2.75) is 57.7 Å². The SMILES string of the molecule is CC1(C)OB(CC(O)COCCc2cccs2)OC1(C)C. The van der Waals surface area contributed by atoms with E-state index in [2.05, 4.69) is 11.4 Å². The van der Waals surface area contributed by atoms with E-state index in [4.69, 9.17) is 14.0 Å². The van der Waals surface area contributed by atoms with Gasteiger partial charge in [0.2, 0.25) is 0 Å². The quantitative estimate of drug-likeness (QED) is 0.621. The molecule has 1 aromatic rings. The molecule has 0 spiro atoms. The average molecular weight is 312 g/mol. The third kappa shape index (κ3) is 4.53. The molecule has 1 aromatic heterocycles. The second kappa shape index (κ2) is 6.79. The molecule has 2 rings (SSSR count). The molecule has 6 heteroatoms. The van der Waals surface area contributed by atoms with Crippen LogP contribution in [-0.2, 0) is 20.5 Å². The zero-order valence-corrected chi connectivity index (χ0v) is 14.1. The minimum atomic E-state index is -0.567. The van der Waals surface area contributed by atoms with E-state index in [1.54, 1.807) is 11.3 Å². The summed E-state index contributed by atoms with van der Waals surface area (Å²) in [6.07, 6.45) is 0.759. The first kappa shape index (κ1) is 17.0. The van der Waals surface area contributed by atoms with E-state index in [1.165, 1.54) is 4.88 Å². The molecule has 1 saturated heterocycles. The second-order valence-electron chi connectivity index (χ2n) is 6.48. The first-order valence-corrected chi connectivity index (χ1v) is 8.32. The standard InChI is InChI=1S/C15H25BO4S/c1-14(2)15(3,4)20-16(19-14)10-12(17)11-18-8-7-13-6-5-9-21-13/h5-6,9,12,17H,7-8,10-11H2,1-4H3. The number of hydrogen-bond acceptors (Lipinski definition) is 5. The smallest absolute Gasteiger partial charge is 0.403 e. The highest BCUT2D eigenvalue weighted by molar-refractivity contribution is 7.09. The number of hydrogen-bond donors (Lipinski definition) is 1. The molecule has 1 N–H and O–H groups in total. The highest BCUT2D eigenvalue weighted by Gasteiger charge is 2.51. The Morgan fingerprint density at radius 3 is 2.52 bits per heavy atom. The number of ether oxygens (including phenoxy) is 1. The van der Waals surface area contributed by atoms with E-state index in [0.29, 0.717) is 19.5 Å². The van der Waals surface area contributed by atoms with Gasteiger partial charge in [-0.1, -0.05) is 6.07 Å². The van der Waals surface area contributed by atoms with Crippen LogP contribution in [-0.4, -0.2) is 42.7 Å². The Morgan fingerprint density at radius 1 is 1.29 bits per heavy atom. The maximum Gasteiger partial charge on any atom is 0.460 e. The lowest BCUT2D eigenvalue weighted by molar-refractivity contribution is 0.00578. The molecular formula is C15H25BO4S. The van der Waals surface area contributed by atoms with Gasteiger partial charge in [-0.15, -0.1) is 11.3 Å². The molecule has 0 saturated carbocycles. The summed E-state index contributed by atoms with van der Waals surface area (Å²) >= 11 is 1.72. The lowest BCUT2D eigenvalue weighted by atomic mass is 9.82. The van der Waals surface area contributed by atoms with Crippen molar-refractivity contribution < 1.29 is 19.2 Å². The van der Waals surface area contributed by atoms with Gasteiger partial charge in [-0.2, -0.15) is 0 Å². The van der Waals surface area contributed by atoms with Gasteiger partial charge in [0, 0.05) is 17.6 Å². The molecular weight excluding hydrogens is 287 g/mol. The van der Waals surface area contributed by atoms with Crippen molar-refractivity contribution in [1.29, 1.82) is 0 Å². The van der Waals surface area contributed by atoms with Gasteiger partial charge in [0.25, 0.3) is 0 Å². The number of thiophene rings is 1. The molecule has 1 unspecified atom stereocenters. The van der Waals surface area contributed by atoms with Crippen LogP contribution in [0.4, 0.5) is 0 Å². The summed E-state index contributed by atoms with van der Waals surface area (Å²) in [6, 6.07) is 4.13. The molecule has 1 fully saturated rings. The molecule has 1 aliphatic rings. The fourth-order valence-corrected chi connectivity index (χ4v) is 2.89. The molecule has 0 aromatic carbocycles. The van der Waals surface area contributed by atoms with Crippen LogP contribution in [0.15, 0.2) is 17.5 Å². The summed E-state index contributed by atoms with van der Waals surface area (Å²) in [5.74, 6) is 0. The lowest BCUT2D eigenvalue weighted by Gasteiger charge is -2.32. The molecule has 118 valence electrons. The minimum absolute atomic E-state index is 0.315. The van der Waals surface area contributed by atoms with Crippen LogP contribution in [0.25, 0.3) is 0 Å². The average Bonchev–Trinajstić information content (AvgIpc) is 2.92. The zero-order valence-electron chi connectivity index (χ0n) is 13.3. The Bertz CT molecular complexity index is 417. The fraction of sp³-hybridized carbons (Fsp3) is 0.733. The van der Waals surface area contributed by atoms with E-state index in [1.807, 2.05) is 33.8 Å². The summed E-state index contributed by atoms with van der Waals surface area (Å²) in [6.45, 7) is 8.98. The molecule has 1 atom stereocenters. The van der Waals surface area contributed by atoms with Gasteiger partial charge in [-0.05, 0) is 39.1 Å². The van der Waals surface area contributed by atoms with Crippen molar-refractivity contribution in [3.05, 3.63) is 22.4 Å². The Kier molecular flexibility index (Phi) is 5.49. The predicted octanol–water partition coefficient (Wildman–Crippen LogP) is 2.76.